The number of thiazole rings is 1. The van der Waals surface area contributed by atoms with Crippen LogP contribution in [0.1, 0.15) is 11.1 Å². The minimum absolute atomic E-state index is 0.355. The number of hydrogen-bond acceptors (Lipinski definition) is 3. The molecule has 0 fully saturated rings. The average Bonchev–Trinajstić information content (AvgIpc) is 2.78. The lowest BCUT2D eigenvalue weighted by atomic mass is 10.1. The van der Waals surface area contributed by atoms with Gasteiger partial charge in [0.2, 0.25) is 0 Å². The van der Waals surface area contributed by atoms with Crippen LogP contribution in [0.25, 0.3) is 20.8 Å². The highest BCUT2D eigenvalue weighted by Gasteiger charge is 2.10. The second-order valence-corrected chi connectivity index (χ2v) is 6.06. The number of halogens is 1. The molecular formula is C15H12ClNOS. The van der Waals surface area contributed by atoms with E-state index in [-0.39, 0.29) is 0 Å². The van der Waals surface area contributed by atoms with E-state index in [0.29, 0.717) is 10.8 Å². The highest BCUT2D eigenvalue weighted by atomic mass is 35.5. The lowest BCUT2D eigenvalue weighted by molar-refractivity contribution is 0.467. The predicted octanol–water partition coefficient (Wildman–Crippen LogP) is 4.94. The number of hydrogen-bond donors (Lipinski definition) is 1. The van der Waals surface area contributed by atoms with Crippen LogP contribution in [0, 0.1) is 13.8 Å². The van der Waals surface area contributed by atoms with Gasteiger partial charge in [0.25, 0.3) is 0 Å². The van der Waals surface area contributed by atoms with Crippen molar-refractivity contribution in [3.63, 3.8) is 0 Å². The van der Waals surface area contributed by atoms with Crippen LogP contribution < -0.4 is 0 Å². The Bertz CT molecular complexity index is 756. The fourth-order valence-electron chi connectivity index (χ4n) is 2.10. The molecule has 0 radical (unpaired) electrons. The number of aromatic hydroxyl groups is 1. The fraction of sp³-hybridized carbons (Fsp3) is 0.133. The number of phenolic OH excluding ortho intramolecular Hbond substituents is 1. The van der Waals surface area contributed by atoms with Gasteiger partial charge < -0.3 is 5.11 Å². The molecule has 1 N–H and O–H groups in total. The largest absolute Gasteiger partial charge is 0.507 e. The summed E-state index contributed by atoms with van der Waals surface area (Å²) in [6.07, 6.45) is 0. The van der Waals surface area contributed by atoms with Crippen molar-refractivity contribution in [2.45, 2.75) is 13.8 Å². The molecular weight excluding hydrogens is 278 g/mol. The van der Waals surface area contributed by atoms with Crippen LogP contribution in [0.15, 0.2) is 30.3 Å². The molecule has 3 rings (SSSR count). The second-order valence-electron chi connectivity index (χ2n) is 4.59. The number of nitrogens with zero attached hydrogens (tertiary/aromatic N) is 1. The van der Waals surface area contributed by atoms with E-state index in [1.807, 2.05) is 44.2 Å². The van der Waals surface area contributed by atoms with E-state index in [1.54, 1.807) is 11.3 Å². The van der Waals surface area contributed by atoms with Gasteiger partial charge in [0, 0.05) is 10.6 Å². The van der Waals surface area contributed by atoms with Gasteiger partial charge in [-0.15, -0.1) is 11.3 Å². The van der Waals surface area contributed by atoms with Gasteiger partial charge in [-0.05, 0) is 55.3 Å². The Hall–Kier alpha value is -1.58. The minimum Gasteiger partial charge on any atom is -0.507 e. The third kappa shape index (κ3) is 2.20. The van der Waals surface area contributed by atoms with E-state index in [1.165, 1.54) is 0 Å². The van der Waals surface area contributed by atoms with Gasteiger partial charge in [0.05, 0.1) is 10.2 Å². The zero-order valence-electron chi connectivity index (χ0n) is 10.6. The van der Waals surface area contributed by atoms with Crippen molar-refractivity contribution >= 4 is 33.2 Å². The van der Waals surface area contributed by atoms with Crippen molar-refractivity contribution in [2.75, 3.05) is 0 Å². The molecule has 0 spiro atoms. The Morgan fingerprint density at radius 3 is 2.47 bits per heavy atom. The van der Waals surface area contributed by atoms with Crippen molar-refractivity contribution in [2.24, 2.45) is 0 Å². The summed E-state index contributed by atoms with van der Waals surface area (Å²) >= 11 is 7.61. The van der Waals surface area contributed by atoms with Crippen LogP contribution in [0.4, 0.5) is 0 Å². The van der Waals surface area contributed by atoms with Gasteiger partial charge in [-0.25, -0.2) is 4.98 Å². The number of benzene rings is 2. The number of aryl methyl sites for hydroxylation is 2. The van der Waals surface area contributed by atoms with Crippen LogP contribution in [-0.2, 0) is 0 Å². The molecule has 1 aromatic heterocycles. The van der Waals surface area contributed by atoms with Crippen molar-refractivity contribution < 1.29 is 5.11 Å². The Morgan fingerprint density at radius 1 is 1.11 bits per heavy atom. The summed E-state index contributed by atoms with van der Waals surface area (Å²) in [6, 6.07) is 9.65. The molecule has 19 heavy (non-hydrogen) atoms. The molecule has 2 aromatic carbocycles. The summed E-state index contributed by atoms with van der Waals surface area (Å²) in [7, 11) is 0. The van der Waals surface area contributed by atoms with Crippen LogP contribution in [0.5, 0.6) is 5.75 Å². The van der Waals surface area contributed by atoms with Gasteiger partial charge in [0.1, 0.15) is 10.8 Å². The number of fused-ring (bicyclic) bond motifs is 1. The van der Waals surface area contributed by atoms with Gasteiger partial charge in [-0.2, -0.15) is 0 Å². The maximum absolute atomic E-state index is 9.82. The zero-order valence-corrected chi connectivity index (χ0v) is 12.1. The lowest BCUT2D eigenvalue weighted by Crippen LogP contribution is -1.84. The van der Waals surface area contributed by atoms with Gasteiger partial charge in [-0.1, -0.05) is 11.6 Å². The third-order valence-corrected chi connectivity index (χ3v) is 4.41. The van der Waals surface area contributed by atoms with Gasteiger partial charge in [-0.3, -0.25) is 0 Å². The normalized spacial score (nSPS) is 11.1. The van der Waals surface area contributed by atoms with Crippen molar-refractivity contribution in [3.05, 3.63) is 46.5 Å². The molecule has 3 aromatic rings. The van der Waals surface area contributed by atoms with Crippen molar-refractivity contribution in [3.8, 4) is 16.3 Å². The summed E-state index contributed by atoms with van der Waals surface area (Å²) in [4.78, 5) is 4.61. The average molecular weight is 290 g/mol. The van der Waals surface area contributed by atoms with Gasteiger partial charge >= 0.3 is 0 Å². The SMILES string of the molecule is Cc1cc(-c2nc3cc(Cl)ccc3s2)cc(C)c1O. The molecule has 2 nitrogen and oxygen atoms in total. The Morgan fingerprint density at radius 2 is 1.79 bits per heavy atom. The fourth-order valence-corrected chi connectivity index (χ4v) is 3.20. The molecule has 0 aliphatic rings. The quantitative estimate of drug-likeness (QED) is 0.688. The first-order valence-electron chi connectivity index (χ1n) is 5.91. The Kier molecular flexibility index (Phi) is 2.96. The molecule has 0 bridgehead atoms. The maximum atomic E-state index is 9.82. The summed E-state index contributed by atoms with van der Waals surface area (Å²) in [5, 5.41) is 11.5. The topological polar surface area (TPSA) is 33.1 Å². The highest BCUT2D eigenvalue weighted by molar-refractivity contribution is 7.21. The van der Waals surface area contributed by atoms with E-state index in [2.05, 4.69) is 4.98 Å². The molecule has 4 heteroatoms. The lowest BCUT2D eigenvalue weighted by Gasteiger charge is -2.05. The Labute approximate surface area is 120 Å². The van der Waals surface area contributed by atoms with Crippen LogP contribution in [0.3, 0.4) is 0 Å². The van der Waals surface area contributed by atoms with Crippen LogP contribution in [-0.4, -0.2) is 10.1 Å². The summed E-state index contributed by atoms with van der Waals surface area (Å²) < 4.78 is 1.11. The predicted molar refractivity (Wildman–Crippen MR) is 81.2 cm³/mol. The van der Waals surface area contributed by atoms with Crippen molar-refractivity contribution in [1.29, 1.82) is 0 Å². The van der Waals surface area contributed by atoms with Crippen LogP contribution in [0.2, 0.25) is 5.02 Å². The zero-order chi connectivity index (χ0) is 13.6. The number of rotatable bonds is 1. The second kappa shape index (κ2) is 4.51. The molecule has 0 amide bonds. The first-order valence-corrected chi connectivity index (χ1v) is 7.11. The smallest absolute Gasteiger partial charge is 0.124 e. The van der Waals surface area contributed by atoms with E-state index in [0.717, 1.165) is 31.9 Å². The maximum Gasteiger partial charge on any atom is 0.124 e. The monoisotopic (exact) mass is 289 g/mol. The van der Waals surface area contributed by atoms with Crippen molar-refractivity contribution in [1.82, 2.24) is 4.98 Å². The molecule has 0 atom stereocenters. The van der Waals surface area contributed by atoms with E-state index >= 15 is 0 Å². The first kappa shape index (κ1) is 12.5. The van der Waals surface area contributed by atoms with Crippen LogP contribution >= 0.6 is 22.9 Å². The molecule has 0 aliphatic heterocycles. The molecule has 0 aliphatic carbocycles. The molecule has 96 valence electrons. The third-order valence-electron chi connectivity index (χ3n) is 3.09. The van der Waals surface area contributed by atoms with E-state index in [9.17, 15) is 5.11 Å². The standard InChI is InChI=1S/C15H12ClNOS/c1-8-5-10(6-9(2)14(8)18)15-17-12-7-11(16)3-4-13(12)19-15/h3-7,18H,1-2H3. The first-order chi connectivity index (χ1) is 9.04. The number of phenols is 1. The van der Waals surface area contributed by atoms with E-state index in [4.69, 9.17) is 11.6 Å². The summed E-state index contributed by atoms with van der Waals surface area (Å²) in [5.41, 5.74) is 3.68. The van der Waals surface area contributed by atoms with E-state index < -0.39 is 0 Å². The summed E-state index contributed by atoms with van der Waals surface area (Å²) in [6.45, 7) is 3.80. The summed E-state index contributed by atoms with van der Waals surface area (Å²) in [5.74, 6) is 0.355. The number of aromatic nitrogens is 1. The minimum atomic E-state index is 0.355. The molecule has 1 heterocycles. The molecule has 0 saturated heterocycles. The van der Waals surface area contributed by atoms with Gasteiger partial charge in [0.15, 0.2) is 0 Å². The Balaban J connectivity index is 2.19. The highest BCUT2D eigenvalue weighted by Crippen LogP contribution is 2.34. The molecule has 0 saturated carbocycles. The molecule has 0 unspecified atom stereocenters.